The van der Waals surface area contributed by atoms with Crippen molar-refractivity contribution in [3.63, 3.8) is 0 Å². The monoisotopic (exact) mass is 1530 g/mol. The van der Waals surface area contributed by atoms with Crippen molar-refractivity contribution in [1.29, 1.82) is 5.41 Å². The van der Waals surface area contributed by atoms with Crippen molar-refractivity contribution in [2.75, 3.05) is 55.4 Å². The lowest BCUT2D eigenvalue weighted by Crippen LogP contribution is -2.63. The Morgan fingerprint density at radius 3 is 1.37 bits per heavy atom. The Hall–Kier alpha value is -3.40. The van der Waals surface area contributed by atoms with Crippen molar-refractivity contribution in [2.24, 2.45) is 29.2 Å². The smallest absolute Gasteiger partial charge is 0.463 e. The van der Waals surface area contributed by atoms with Crippen molar-refractivity contribution in [3.05, 3.63) is 0 Å². The molecule has 15 unspecified atom stereocenters. The molecule has 0 aromatic carbocycles. The average molecular weight is 1530 g/mol. The summed E-state index contributed by atoms with van der Waals surface area (Å²) in [6, 6.07) is -1.40. The van der Waals surface area contributed by atoms with Gasteiger partial charge in [0.15, 0.2) is 5.17 Å². The number of ether oxygens (including phenoxy) is 6. The van der Waals surface area contributed by atoms with Crippen LogP contribution in [0, 0.1) is 23.2 Å². The lowest BCUT2D eigenvalue weighted by Gasteiger charge is -2.44. The number of esters is 3. The Morgan fingerprint density at radius 2 is 0.957 bits per heavy atom. The Labute approximate surface area is 567 Å². The normalized spacial score (nSPS) is 25.9. The molecule has 3 saturated heterocycles. The van der Waals surface area contributed by atoms with Gasteiger partial charge in [-0.1, -0.05) is 93.6 Å². The number of hydrogen-bond acceptors (Lipinski definition) is 22. The fourth-order valence-corrected chi connectivity index (χ4v) is 13.2. The first-order chi connectivity index (χ1) is 42.5. The minimum absolute atomic E-state index is 0. The molecule has 0 saturated carbocycles. The Morgan fingerprint density at radius 1 is 0.554 bits per heavy atom. The van der Waals surface area contributed by atoms with Gasteiger partial charge in [-0.25, -0.2) is 0 Å². The van der Waals surface area contributed by atoms with Crippen molar-refractivity contribution in [3.8, 4) is 0 Å². The molecule has 0 radical (unpaired) electrons. The Bertz CT molecular complexity index is 2200. The molecular weight excluding hydrogens is 1430 g/mol. The molecule has 3 heterocycles. The van der Waals surface area contributed by atoms with Crippen LogP contribution in [-0.2, 0) is 66.8 Å². The topological polar surface area (TPSA) is 389 Å². The van der Waals surface area contributed by atoms with Gasteiger partial charge in [-0.2, -0.15) is 26.3 Å². The number of halogens is 8. The van der Waals surface area contributed by atoms with Gasteiger partial charge in [0, 0.05) is 60.5 Å². The first-order valence-corrected chi connectivity index (χ1v) is 34.4. The van der Waals surface area contributed by atoms with E-state index in [-0.39, 0.29) is 104 Å². The van der Waals surface area contributed by atoms with E-state index in [1.165, 1.54) is 65.1 Å². The molecule has 13 N–H and O–H groups in total. The standard InChI is InChI=1S/C21H33F3N2O7S.C14H28N2O5S.C13H23N3O4S.C8H13F3INO.ClH/c1-12-17(26-13(2)27)19(33-16(11-31-14(3)28)18(12)32-15(4)29)34-10-8-6-5-7-9-25-20(30)21(22,23)24;1-9(18)16-11-13(20)12(19)10(8-17)21-14(11)22-7-5-3-2-4-6-15;1-6-7(2)11(16-8(3)17)12(21-13(14)15)20-10(6)5-19-9(4)18;9-8(10,11)7(14)13-6-4-2-1-3-5-12;/h12,16-19H,5-11H2,1-4H3,(H,25,30)(H,26,27);10-14,17,19-20H,2-8,15H2,1H3,(H,16,18);6-7,10-12H,5H2,1-4H3,(H3,14,15)(H,16,17);1-6H2,(H,13,14);1H. The summed E-state index contributed by atoms with van der Waals surface area (Å²) in [5, 5.41) is 48.6. The first-order valence-electron chi connectivity index (χ1n) is 29.9. The third-order valence-corrected chi connectivity index (χ3v) is 18.1. The Kier molecular flexibility index (Phi) is 48.4. The second-order valence-electron chi connectivity index (χ2n) is 21.7. The second-order valence-corrected chi connectivity index (χ2v) is 26.3. The van der Waals surface area contributed by atoms with Crippen molar-refractivity contribution < 1.29 is 108 Å². The van der Waals surface area contributed by atoms with Gasteiger partial charge in [-0.05, 0) is 72.8 Å². The number of amides is 5. The zero-order valence-corrected chi connectivity index (χ0v) is 58.9. The Balaban J connectivity index is 0. The number of unbranched alkanes of at least 4 members (excludes halogenated alkanes) is 9. The molecule has 3 aliphatic heterocycles. The summed E-state index contributed by atoms with van der Waals surface area (Å²) in [5.41, 5.74) is 9.42. The number of carbonyl (C=O) groups excluding carboxylic acids is 8. The van der Waals surface area contributed by atoms with Crippen molar-refractivity contribution in [1.82, 2.24) is 26.6 Å². The molecule has 3 rings (SSSR count). The van der Waals surface area contributed by atoms with Crippen LogP contribution in [0.15, 0.2) is 0 Å². The molecule has 5 amide bonds. The molecule has 0 spiro atoms. The number of rotatable bonds is 31. The molecule has 3 aliphatic rings. The van der Waals surface area contributed by atoms with Crippen LogP contribution >= 0.6 is 70.3 Å². The van der Waals surface area contributed by atoms with Crippen molar-refractivity contribution >= 4 is 123 Å². The quantitative estimate of drug-likeness (QED) is 0.00616. The number of carbonyl (C=O) groups is 8. The molecule has 0 aromatic heterocycles. The minimum atomic E-state index is -4.87. The molecule has 3 fully saturated rings. The third kappa shape index (κ3) is 39.0. The molecule has 0 aromatic rings. The highest BCUT2D eigenvalue weighted by Crippen LogP contribution is 2.37. The molecular formula is C56H98ClF6IN8O17S3. The number of aliphatic hydroxyl groups is 3. The first kappa shape index (κ1) is 90.7. The number of thioether (sulfide) groups is 3. The maximum Gasteiger partial charge on any atom is 0.471 e. The number of alkyl halides is 7. The van der Waals surface area contributed by atoms with Crippen LogP contribution in [-0.4, -0.2) is 207 Å². The van der Waals surface area contributed by atoms with Gasteiger partial charge in [0.2, 0.25) is 17.7 Å². The van der Waals surface area contributed by atoms with E-state index >= 15 is 0 Å². The van der Waals surface area contributed by atoms with Crippen LogP contribution in [0.5, 0.6) is 0 Å². The summed E-state index contributed by atoms with van der Waals surface area (Å²) >= 11 is 6.23. The lowest BCUT2D eigenvalue weighted by molar-refractivity contribution is -0.187. The summed E-state index contributed by atoms with van der Waals surface area (Å²) in [6.07, 6.45) is -4.33. The second kappa shape index (κ2) is 49.2. The molecule has 15 atom stereocenters. The van der Waals surface area contributed by atoms with E-state index in [1.807, 2.05) is 31.4 Å². The van der Waals surface area contributed by atoms with Crippen LogP contribution in [0.25, 0.3) is 0 Å². The molecule has 92 heavy (non-hydrogen) atoms. The average Bonchev–Trinajstić information content (AvgIpc) is 0.820. The van der Waals surface area contributed by atoms with Crippen molar-refractivity contribution in [2.45, 2.75) is 223 Å². The zero-order valence-electron chi connectivity index (χ0n) is 53.5. The van der Waals surface area contributed by atoms with Gasteiger partial charge < -0.3 is 81.8 Å². The lowest BCUT2D eigenvalue weighted by atomic mass is 9.83. The van der Waals surface area contributed by atoms with Gasteiger partial charge in [-0.3, -0.25) is 43.8 Å². The van der Waals surface area contributed by atoms with Gasteiger partial charge >= 0.3 is 42.1 Å². The molecule has 25 nitrogen and oxygen atoms in total. The number of amidine groups is 1. The summed E-state index contributed by atoms with van der Waals surface area (Å²) < 4.78 is 106. The summed E-state index contributed by atoms with van der Waals surface area (Å²) in [6.45, 7) is 14.3. The van der Waals surface area contributed by atoms with Crippen LogP contribution < -0.4 is 38.1 Å². The van der Waals surface area contributed by atoms with Crippen LogP contribution in [0.2, 0.25) is 0 Å². The SMILES string of the molecule is CC(=O)NC1C(SC(=N)N)OC(COC(C)=O)C(C)C1C.CC(=O)NC1C(SCCCCCCN)OC(CO)C(O)C1O.CC(=O)NC1C(SCCCCCCNC(=O)C(F)(F)F)OC(COC(C)=O)C(OC(C)=O)C1C.Cl.O=C(NCCCCCCI)C(F)(F)F. The predicted octanol–water partition coefficient (Wildman–Crippen LogP) is 5.26. The van der Waals surface area contributed by atoms with Crippen LogP contribution in [0.4, 0.5) is 26.3 Å². The fraction of sp³-hybridized carbons (Fsp3) is 0.839. The highest BCUT2D eigenvalue weighted by molar-refractivity contribution is 14.1. The number of hydrogen-bond donors (Lipinski definition) is 11. The van der Waals surface area contributed by atoms with E-state index in [0.717, 1.165) is 79.7 Å². The van der Waals surface area contributed by atoms with E-state index in [1.54, 1.807) is 0 Å². The number of aliphatic hydroxyl groups excluding tert-OH is 3. The molecule has 36 heteroatoms. The maximum absolute atomic E-state index is 12.1. The van der Waals surface area contributed by atoms with Gasteiger partial charge in [-0.15, -0.1) is 35.9 Å². The zero-order chi connectivity index (χ0) is 69.6. The minimum Gasteiger partial charge on any atom is -0.463 e. The summed E-state index contributed by atoms with van der Waals surface area (Å²) in [4.78, 5) is 89.3. The largest absolute Gasteiger partial charge is 0.471 e. The van der Waals surface area contributed by atoms with Gasteiger partial charge in [0.05, 0.1) is 30.8 Å². The maximum atomic E-state index is 12.1. The molecule has 0 bridgehead atoms. The molecule has 538 valence electrons. The van der Waals surface area contributed by atoms with Gasteiger partial charge in [0.25, 0.3) is 0 Å². The van der Waals surface area contributed by atoms with E-state index in [0.29, 0.717) is 31.6 Å². The number of nitrogens with two attached hydrogens (primary N) is 2. The van der Waals surface area contributed by atoms with E-state index in [2.05, 4.69) is 38.5 Å². The van der Waals surface area contributed by atoms with E-state index in [9.17, 15) is 80.0 Å². The van der Waals surface area contributed by atoms with Crippen LogP contribution in [0.1, 0.15) is 139 Å². The fourth-order valence-electron chi connectivity index (χ4n) is 9.13. The summed E-state index contributed by atoms with van der Waals surface area (Å²) in [7, 11) is 0. The van der Waals surface area contributed by atoms with Crippen LogP contribution in [0.3, 0.4) is 0 Å². The predicted molar refractivity (Wildman–Crippen MR) is 347 cm³/mol. The number of nitrogens with one attached hydrogen (secondary N) is 6. The third-order valence-electron chi connectivity index (χ3n) is 14.0. The summed E-state index contributed by atoms with van der Waals surface area (Å²) in [5.74, 6) is -4.58. The van der Waals surface area contributed by atoms with E-state index < -0.39 is 95.0 Å². The van der Waals surface area contributed by atoms with Gasteiger partial charge in [0.1, 0.15) is 60.0 Å². The molecule has 0 aliphatic carbocycles. The van der Waals surface area contributed by atoms with E-state index in [4.69, 9.17) is 45.3 Å². The highest BCUT2D eigenvalue weighted by atomic mass is 127. The highest BCUT2D eigenvalue weighted by Gasteiger charge is 2.48.